The molecule has 1 aromatic rings. The average Bonchev–Trinajstić information content (AvgIpc) is 2.37. The molecule has 2 N–H and O–H groups in total. The van der Waals surface area contributed by atoms with Gasteiger partial charge >= 0.3 is 0 Å². The highest BCUT2D eigenvalue weighted by Gasteiger charge is 2.14. The van der Waals surface area contributed by atoms with E-state index in [1.54, 1.807) is 6.92 Å². The lowest BCUT2D eigenvalue weighted by atomic mass is 10.2. The third kappa shape index (κ3) is 5.24. The number of carbonyl (C=O) groups excluding carboxylic acids is 1. The summed E-state index contributed by atoms with van der Waals surface area (Å²) in [6, 6.07) is 2.65. The molecule has 3 nitrogen and oxygen atoms in total. The minimum atomic E-state index is -0.703. The van der Waals surface area contributed by atoms with Crippen LogP contribution in [0.3, 0.4) is 0 Å². The van der Waals surface area contributed by atoms with Crippen molar-refractivity contribution in [3.05, 3.63) is 29.8 Å². The molecule has 1 aromatic carbocycles. The first-order valence-corrected chi connectivity index (χ1v) is 6.54. The number of carbonyl (C=O) groups is 1. The Labute approximate surface area is 112 Å². The standard InChI is InChI=1S/C14H20F2N2O/c1-3-4-5-8-17-14(19)10(2)18-13-7-6-11(15)9-12(13)16/h6-7,9-10,18H,3-5,8H2,1-2H3,(H,17,19). The van der Waals surface area contributed by atoms with Gasteiger partial charge in [-0.15, -0.1) is 0 Å². The van der Waals surface area contributed by atoms with Crippen molar-refractivity contribution in [2.45, 2.75) is 39.2 Å². The fraction of sp³-hybridized carbons (Fsp3) is 0.500. The molecule has 5 heteroatoms. The van der Waals surface area contributed by atoms with E-state index in [1.165, 1.54) is 6.07 Å². The number of amides is 1. The van der Waals surface area contributed by atoms with Crippen molar-refractivity contribution in [2.24, 2.45) is 0 Å². The van der Waals surface area contributed by atoms with E-state index >= 15 is 0 Å². The zero-order chi connectivity index (χ0) is 14.3. The topological polar surface area (TPSA) is 41.1 Å². The maximum absolute atomic E-state index is 13.4. The van der Waals surface area contributed by atoms with Crippen molar-refractivity contribution in [1.82, 2.24) is 5.32 Å². The van der Waals surface area contributed by atoms with Gasteiger partial charge in [0, 0.05) is 12.6 Å². The van der Waals surface area contributed by atoms with Gasteiger partial charge in [-0.2, -0.15) is 0 Å². The lowest BCUT2D eigenvalue weighted by molar-refractivity contribution is -0.121. The number of hydrogen-bond donors (Lipinski definition) is 2. The predicted molar refractivity (Wildman–Crippen MR) is 72.0 cm³/mol. The smallest absolute Gasteiger partial charge is 0.242 e. The molecule has 1 rings (SSSR count). The predicted octanol–water partition coefficient (Wildman–Crippen LogP) is 3.07. The van der Waals surface area contributed by atoms with Crippen molar-refractivity contribution in [3.8, 4) is 0 Å². The minimum absolute atomic E-state index is 0.123. The molecule has 0 aromatic heterocycles. The van der Waals surface area contributed by atoms with E-state index in [-0.39, 0.29) is 11.6 Å². The molecule has 0 aliphatic carbocycles. The van der Waals surface area contributed by atoms with Gasteiger partial charge in [0.05, 0.1) is 5.69 Å². The van der Waals surface area contributed by atoms with E-state index in [9.17, 15) is 13.6 Å². The lowest BCUT2D eigenvalue weighted by Gasteiger charge is -2.15. The van der Waals surface area contributed by atoms with E-state index < -0.39 is 17.7 Å². The summed E-state index contributed by atoms with van der Waals surface area (Å²) in [6.07, 6.45) is 3.08. The summed E-state index contributed by atoms with van der Waals surface area (Å²) in [4.78, 5) is 11.7. The van der Waals surface area contributed by atoms with Gasteiger partial charge in [0.25, 0.3) is 0 Å². The number of nitrogens with one attached hydrogen (secondary N) is 2. The Morgan fingerprint density at radius 3 is 2.68 bits per heavy atom. The second-order valence-corrected chi connectivity index (χ2v) is 4.49. The van der Waals surface area contributed by atoms with Crippen LogP contribution in [-0.4, -0.2) is 18.5 Å². The van der Waals surface area contributed by atoms with Crippen LogP contribution in [0.4, 0.5) is 14.5 Å². The van der Waals surface area contributed by atoms with Crippen molar-refractivity contribution in [2.75, 3.05) is 11.9 Å². The Hall–Kier alpha value is -1.65. The summed E-state index contributed by atoms with van der Waals surface area (Å²) in [7, 11) is 0. The molecule has 0 fully saturated rings. The van der Waals surface area contributed by atoms with Crippen LogP contribution in [0.15, 0.2) is 18.2 Å². The van der Waals surface area contributed by atoms with Gasteiger partial charge < -0.3 is 10.6 Å². The van der Waals surface area contributed by atoms with Crippen molar-refractivity contribution < 1.29 is 13.6 Å². The Kier molecular flexibility index (Phi) is 6.25. The second-order valence-electron chi connectivity index (χ2n) is 4.49. The van der Waals surface area contributed by atoms with E-state index in [1.807, 2.05) is 0 Å². The van der Waals surface area contributed by atoms with Crippen LogP contribution >= 0.6 is 0 Å². The molecule has 0 aliphatic rings. The Morgan fingerprint density at radius 1 is 1.32 bits per heavy atom. The van der Waals surface area contributed by atoms with Gasteiger partial charge in [-0.05, 0) is 25.5 Å². The summed E-state index contributed by atoms with van der Waals surface area (Å²) < 4.78 is 26.1. The molecule has 0 saturated carbocycles. The number of benzene rings is 1. The van der Waals surface area contributed by atoms with Crippen LogP contribution in [0, 0.1) is 11.6 Å². The number of rotatable bonds is 7. The molecule has 1 amide bonds. The number of halogens is 2. The SMILES string of the molecule is CCCCCNC(=O)C(C)Nc1ccc(F)cc1F. The molecule has 19 heavy (non-hydrogen) atoms. The number of unbranched alkanes of at least 4 members (excludes halogenated alkanes) is 2. The first-order chi connectivity index (χ1) is 9.04. The largest absolute Gasteiger partial charge is 0.372 e. The van der Waals surface area contributed by atoms with Gasteiger partial charge in [0.15, 0.2) is 0 Å². The molecule has 0 aliphatic heterocycles. The highest BCUT2D eigenvalue weighted by atomic mass is 19.1. The summed E-state index contributed by atoms with van der Waals surface area (Å²) in [5.74, 6) is -1.54. The Bertz CT molecular complexity index is 424. The van der Waals surface area contributed by atoms with E-state index in [2.05, 4.69) is 17.6 Å². The number of hydrogen-bond acceptors (Lipinski definition) is 2. The van der Waals surface area contributed by atoms with Crippen LogP contribution in [0.1, 0.15) is 33.1 Å². The molecule has 0 radical (unpaired) electrons. The zero-order valence-electron chi connectivity index (χ0n) is 11.3. The molecule has 1 atom stereocenters. The molecular formula is C14H20F2N2O. The quantitative estimate of drug-likeness (QED) is 0.748. The normalized spacial score (nSPS) is 12.0. The molecule has 0 heterocycles. The average molecular weight is 270 g/mol. The van der Waals surface area contributed by atoms with E-state index in [4.69, 9.17) is 0 Å². The number of anilines is 1. The molecule has 0 bridgehead atoms. The summed E-state index contributed by atoms with van der Waals surface area (Å²) in [6.45, 7) is 4.34. The van der Waals surface area contributed by atoms with Crippen molar-refractivity contribution in [1.29, 1.82) is 0 Å². The molecule has 0 spiro atoms. The van der Waals surface area contributed by atoms with Crippen LogP contribution in [0.25, 0.3) is 0 Å². The van der Waals surface area contributed by atoms with Gasteiger partial charge in [0.1, 0.15) is 17.7 Å². The van der Waals surface area contributed by atoms with Crippen LogP contribution in [-0.2, 0) is 4.79 Å². The van der Waals surface area contributed by atoms with Crippen molar-refractivity contribution >= 4 is 11.6 Å². The highest BCUT2D eigenvalue weighted by molar-refractivity contribution is 5.84. The fourth-order valence-corrected chi connectivity index (χ4v) is 1.65. The molecule has 106 valence electrons. The summed E-state index contributed by atoms with van der Waals surface area (Å²) >= 11 is 0. The van der Waals surface area contributed by atoms with Crippen molar-refractivity contribution in [3.63, 3.8) is 0 Å². The van der Waals surface area contributed by atoms with E-state index in [0.29, 0.717) is 6.54 Å². The van der Waals surface area contributed by atoms with Crippen LogP contribution < -0.4 is 10.6 Å². The fourth-order valence-electron chi connectivity index (χ4n) is 1.65. The molecular weight excluding hydrogens is 250 g/mol. The van der Waals surface area contributed by atoms with E-state index in [0.717, 1.165) is 31.4 Å². The van der Waals surface area contributed by atoms with Gasteiger partial charge in [-0.25, -0.2) is 8.78 Å². The second kappa shape index (κ2) is 7.71. The summed E-state index contributed by atoms with van der Waals surface area (Å²) in [5, 5.41) is 5.49. The maximum atomic E-state index is 13.4. The summed E-state index contributed by atoms with van der Waals surface area (Å²) in [5.41, 5.74) is 0.123. The molecule has 1 unspecified atom stereocenters. The lowest BCUT2D eigenvalue weighted by Crippen LogP contribution is -2.38. The maximum Gasteiger partial charge on any atom is 0.242 e. The molecule has 0 saturated heterocycles. The monoisotopic (exact) mass is 270 g/mol. The van der Waals surface area contributed by atoms with Crippen LogP contribution in [0.2, 0.25) is 0 Å². The van der Waals surface area contributed by atoms with Gasteiger partial charge in [0.2, 0.25) is 5.91 Å². The highest BCUT2D eigenvalue weighted by Crippen LogP contribution is 2.15. The third-order valence-corrected chi connectivity index (χ3v) is 2.78. The third-order valence-electron chi connectivity index (χ3n) is 2.78. The minimum Gasteiger partial charge on any atom is -0.372 e. The Morgan fingerprint density at radius 2 is 2.05 bits per heavy atom. The Balaban J connectivity index is 2.45. The first-order valence-electron chi connectivity index (χ1n) is 6.54. The first kappa shape index (κ1) is 15.4. The zero-order valence-corrected chi connectivity index (χ0v) is 11.3. The van der Waals surface area contributed by atoms with Gasteiger partial charge in [-0.1, -0.05) is 19.8 Å². The van der Waals surface area contributed by atoms with Gasteiger partial charge in [-0.3, -0.25) is 4.79 Å². The van der Waals surface area contributed by atoms with Crippen LogP contribution in [0.5, 0.6) is 0 Å².